The highest BCUT2D eigenvalue weighted by atomic mass is 35.5. The van der Waals surface area contributed by atoms with Crippen LogP contribution in [0.1, 0.15) is 5.56 Å². The fourth-order valence-electron chi connectivity index (χ4n) is 1.67. The number of ether oxygens (including phenoxy) is 2. The van der Waals surface area contributed by atoms with Gasteiger partial charge in [0, 0.05) is 0 Å². The van der Waals surface area contributed by atoms with E-state index in [4.69, 9.17) is 26.3 Å². The number of halogens is 1. The summed E-state index contributed by atoms with van der Waals surface area (Å²) in [5, 5.41) is 9.18. The van der Waals surface area contributed by atoms with E-state index in [2.05, 4.69) is 6.07 Å². The molecule has 2 aromatic rings. The molecule has 4 heteroatoms. The zero-order chi connectivity index (χ0) is 14.2. The number of para-hydroxylation sites is 1. The average molecular weight is 288 g/mol. The first-order valence-corrected chi connectivity index (χ1v) is 6.63. The van der Waals surface area contributed by atoms with Crippen molar-refractivity contribution in [3.63, 3.8) is 0 Å². The van der Waals surface area contributed by atoms with E-state index in [9.17, 15) is 0 Å². The molecular formula is C16H14ClNO2. The fraction of sp³-hybridized carbons (Fsp3) is 0.188. The summed E-state index contributed by atoms with van der Waals surface area (Å²) >= 11 is 5.98. The largest absolute Gasteiger partial charge is 0.490 e. The van der Waals surface area contributed by atoms with Crippen LogP contribution in [-0.2, 0) is 6.42 Å². The SMILES string of the molecule is N#CCc1ccc(OCCOc2ccccc2Cl)cc1. The molecule has 2 aromatic carbocycles. The first-order valence-electron chi connectivity index (χ1n) is 6.25. The molecule has 3 nitrogen and oxygen atoms in total. The van der Waals surface area contributed by atoms with Crippen molar-refractivity contribution in [3.05, 3.63) is 59.1 Å². The Morgan fingerprint density at radius 3 is 2.35 bits per heavy atom. The van der Waals surface area contributed by atoms with Crippen LogP contribution in [0.2, 0.25) is 5.02 Å². The van der Waals surface area contributed by atoms with Crippen LogP contribution in [0.25, 0.3) is 0 Å². The summed E-state index contributed by atoms with van der Waals surface area (Å²) in [5.74, 6) is 1.41. The lowest BCUT2D eigenvalue weighted by Gasteiger charge is -2.09. The Kier molecular flexibility index (Phi) is 5.28. The molecule has 0 radical (unpaired) electrons. The van der Waals surface area contributed by atoms with Gasteiger partial charge in [-0.1, -0.05) is 35.9 Å². The number of nitrogens with zero attached hydrogens (tertiary/aromatic N) is 1. The molecular weight excluding hydrogens is 274 g/mol. The van der Waals surface area contributed by atoms with Gasteiger partial charge in [-0.25, -0.2) is 0 Å². The van der Waals surface area contributed by atoms with Crippen molar-refractivity contribution in [2.45, 2.75) is 6.42 Å². The molecule has 0 spiro atoms. The Bertz CT molecular complexity index is 590. The predicted molar refractivity (Wildman–Crippen MR) is 78.2 cm³/mol. The minimum absolute atomic E-state index is 0.413. The molecule has 0 unspecified atom stereocenters. The summed E-state index contributed by atoms with van der Waals surface area (Å²) in [5.41, 5.74) is 0.979. The van der Waals surface area contributed by atoms with Crippen LogP contribution in [-0.4, -0.2) is 13.2 Å². The van der Waals surface area contributed by atoms with Crippen molar-refractivity contribution in [1.29, 1.82) is 5.26 Å². The number of nitriles is 1. The summed E-state index contributed by atoms with van der Waals surface area (Å²) in [4.78, 5) is 0. The lowest BCUT2D eigenvalue weighted by molar-refractivity contribution is 0.217. The number of hydrogen-bond donors (Lipinski definition) is 0. The molecule has 0 fully saturated rings. The van der Waals surface area contributed by atoms with Crippen molar-refractivity contribution in [2.24, 2.45) is 0 Å². The molecule has 0 saturated carbocycles. The summed E-state index contributed by atoms with van der Waals surface area (Å²) in [6.07, 6.45) is 0.413. The van der Waals surface area contributed by atoms with Crippen molar-refractivity contribution in [1.82, 2.24) is 0 Å². The van der Waals surface area contributed by atoms with Crippen molar-refractivity contribution < 1.29 is 9.47 Å². The van der Waals surface area contributed by atoms with Crippen molar-refractivity contribution in [3.8, 4) is 17.6 Å². The van der Waals surface area contributed by atoms with E-state index in [0.717, 1.165) is 11.3 Å². The Hall–Kier alpha value is -2.18. The van der Waals surface area contributed by atoms with Crippen molar-refractivity contribution >= 4 is 11.6 Å². The molecule has 0 aromatic heterocycles. The summed E-state index contributed by atoms with van der Waals surface area (Å²) in [7, 11) is 0. The Morgan fingerprint density at radius 2 is 1.65 bits per heavy atom. The average Bonchev–Trinajstić information content (AvgIpc) is 2.47. The molecule has 20 heavy (non-hydrogen) atoms. The van der Waals surface area contributed by atoms with Crippen LogP contribution >= 0.6 is 11.6 Å². The van der Waals surface area contributed by atoms with E-state index >= 15 is 0 Å². The van der Waals surface area contributed by atoms with Crippen LogP contribution < -0.4 is 9.47 Å². The maximum absolute atomic E-state index is 8.58. The lowest BCUT2D eigenvalue weighted by atomic mass is 10.2. The highest BCUT2D eigenvalue weighted by Gasteiger charge is 2.00. The van der Waals surface area contributed by atoms with Crippen LogP contribution in [0.4, 0.5) is 0 Å². The number of benzene rings is 2. The van der Waals surface area contributed by atoms with Gasteiger partial charge < -0.3 is 9.47 Å². The normalized spacial score (nSPS) is 9.80. The molecule has 0 aliphatic heterocycles. The molecule has 0 atom stereocenters. The Morgan fingerprint density at radius 1 is 0.950 bits per heavy atom. The van der Waals surface area contributed by atoms with E-state index in [1.54, 1.807) is 6.07 Å². The standard InChI is InChI=1S/C16H14ClNO2/c17-15-3-1-2-4-16(15)20-12-11-19-14-7-5-13(6-8-14)9-10-18/h1-8H,9,11-12H2. The maximum atomic E-state index is 8.58. The van der Waals surface area contributed by atoms with E-state index in [-0.39, 0.29) is 0 Å². The van der Waals surface area contributed by atoms with Gasteiger partial charge in [0.05, 0.1) is 17.5 Å². The molecule has 0 heterocycles. The third-order valence-corrected chi connectivity index (χ3v) is 2.97. The molecule has 0 aliphatic carbocycles. The number of hydrogen-bond acceptors (Lipinski definition) is 3. The van der Waals surface area contributed by atoms with Gasteiger partial charge in [0.15, 0.2) is 0 Å². The highest BCUT2D eigenvalue weighted by Crippen LogP contribution is 2.22. The maximum Gasteiger partial charge on any atom is 0.138 e. The van der Waals surface area contributed by atoms with E-state index in [1.807, 2.05) is 42.5 Å². The molecule has 0 bridgehead atoms. The van der Waals surface area contributed by atoms with E-state index < -0.39 is 0 Å². The first kappa shape index (κ1) is 14.2. The zero-order valence-electron chi connectivity index (χ0n) is 10.9. The van der Waals surface area contributed by atoms with Gasteiger partial charge in [-0.15, -0.1) is 0 Å². The third kappa shape index (κ3) is 4.18. The highest BCUT2D eigenvalue weighted by molar-refractivity contribution is 6.32. The van der Waals surface area contributed by atoms with Gasteiger partial charge in [0.2, 0.25) is 0 Å². The quantitative estimate of drug-likeness (QED) is 0.758. The van der Waals surface area contributed by atoms with Gasteiger partial charge in [-0.05, 0) is 29.8 Å². The fourth-order valence-corrected chi connectivity index (χ4v) is 1.86. The summed E-state index contributed by atoms with van der Waals surface area (Å²) in [6, 6.07) is 16.9. The van der Waals surface area contributed by atoms with Gasteiger partial charge in [-0.2, -0.15) is 5.26 Å². The molecule has 0 amide bonds. The van der Waals surface area contributed by atoms with E-state index in [0.29, 0.717) is 30.4 Å². The van der Waals surface area contributed by atoms with Gasteiger partial charge in [0.1, 0.15) is 24.7 Å². The van der Waals surface area contributed by atoms with Crippen molar-refractivity contribution in [2.75, 3.05) is 13.2 Å². The summed E-state index contributed by atoms with van der Waals surface area (Å²) in [6.45, 7) is 0.854. The van der Waals surface area contributed by atoms with E-state index in [1.165, 1.54) is 0 Å². The van der Waals surface area contributed by atoms with Crippen LogP contribution in [0.15, 0.2) is 48.5 Å². The smallest absolute Gasteiger partial charge is 0.138 e. The minimum atomic E-state index is 0.413. The molecule has 0 saturated heterocycles. The third-order valence-electron chi connectivity index (χ3n) is 2.65. The minimum Gasteiger partial charge on any atom is -0.490 e. The predicted octanol–water partition coefficient (Wildman–Crippen LogP) is 3.86. The van der Waals surface area contributed by atoms with Crippen LogP contribution in [0.3, 0.4) is 0 Å². The molecule has 0 N–H and O–H groups in total. The Balaban J connectivity index is 1.76. The summed E-state index contributed by atoms with van der Waals surface area (Å²) < 4.78 is 11.1. The monoisotopic (exact) mass is 287 g/mol. The topological polar surface area (TPSA) is 42.2 Å². The number of rotatable bonds is 6. The molecule has 0 aliphatic rings. The zero-order valence-corrected chi connectivity index (χ0v) is 11.6. The lowest BCUT2D eigenvalue weighted by Crippen LogP contribution is -2.09. The van der Waals surface area contributed by atoms with Gasteiger partial charge in [0.25, 0.3) is 0 Å². The molecule has 102 valence electrons. The second-order valence-electron chi connectivity index (χ2n) is 4.11. The van der Waals surface area contributed by atoms with Gasteiger partial charge >= 0.3 is 0 Å². The van der Waals surface area contributed by atoms with Crippen LogP contribution in [0.5, 0.6) is 11.5 Å². The van der Waals surface area contributed by atoms with Gasteiger partial charge in [-0.3, -0.25) is 0 Å². The van der Waals surface area contributed by atoms with Crippen LogP contribution in [0, 0.1) is 11.3 Å². The molecule has 2 rings (SSSR count). The Labute approximate surface area is 123 Å². The first-order chi connectivity index (χ1) is 9.79. The second kappa shape index (κ2) is 7.42. The second-order valence-corrected chi connectivity index (χ2v) is 4.51.